The average Bonchev–Trinajstić information content (AvgIpc) is 2.28. The fourth-order valence-corrected chi connectivity index (χ4v) is 3.49. The lowest BCUT2D eigenvalue weighted by Gasteiger charge is -2.37. The van der Waals surface area contributed by atoms with Gasteiger partial charge in [-0.05, 0) is 36.1 Å². The van der Waals surface area contributed by atoms with Crippen molar-refractivity contribution >= 4 is 0 Å². The molecule has 0 rings (SSSR count). The zero-order valence-electron chi connectivity index (χ0n) is 13.0. The van der Waals surface area contributed by atoms with Crippen LogP contribution in [-0.2, 0) is 0 Å². The van der Waals surface area contributed by atoms with E-state index >= 15 is 0 Å². The van der Waals surface area contributed by atoms with Gasteiger partial charge in [0.05, 0.1) is 0 Å². The highest BCUT2D eigenvalue weighted by molar-refractivity contribution is 4.80. The number of rotatable bonds is 9. The topological polar surface area (TPSA) is 26.0 Å². The highest BCUT2D eigenvalue weighted by Gasteiger charge is 2.30. The van der Waals surface area contributed by atoms with E-state index in [1.807, 2.05) is 0 Å². The summed E-state index contributed by atoms with van der Waals surface area (Å²) in [6.07, 6.45) is 5.33. The standard InChI is InChI=1S/C16H35N/c1-7-9-12(3)16(13(4)10-8-2)15(6)14(5)11-17/h12-16H,7-11,17H2,1-6H3. The lowest BCUT2D eigenvalue weighted by molar-refractivity contribution is 0.123. The molecule has 17 heavy (non-hydrogen) atoms. The van der Waals surface area contributed by atoms with Gasteiger partial charge < -0.3 is 5.73 Å². The lowest BCUT2D eigenvalue weighted by Crippen LogP contribution is -2.33. The number of hydrogen-bond acceptors (Lipinski definition) is 1. The van der Waals surface area contributed by atoms with E-state index in [2.05, 4.69) is 41.5 Å². The van der Waals surface area contributed by atoms with E-state index in [4.69, 9.17) is 5.73 Å². The lowest BCUT2D eigenvalue weighted by atomic mass is 9.68. The highest BCUT2D eigenvalue weighted by atomic mass is 14.6. The van der Waals surface area contributed by atoms with Crippen LogP contribution < -0.4 is 5.73 Å². The second kappa shape index (κ2) is 8.97. The molecule has 104 valence electrons. The molecule has 1 heteroatoms. The Balaban J connectivity index is 4.69. The summed E-state index contributed by atoms with van der Waals surface area (Å²) in [5, 5.41) is 0. The Morgan fingerprint density at radius 2 is 1.18 bits per heavy atom. The molecule has 0 aliphatic heterocycles. The summed E-state index contributed by atoms with van der Waals surface area (Å²) in [5.74, 6) is 3.92. The van der Waals surface area contributed by atoms with Gasteiger partial charge in [0.25, 0.3) is 0 Å². The van der Waals surface area contributed by atoms with E-state index in [1.54, 1.807) is 0 Å². The van der Waals surface area contributed by atoms with E-state index in [9.17, 15) is 0 Å². The maximum absolute atomic E-state index is 5.86. The van der Waals surface area contributed by atoms with Crippen LogP contribution in [0.5, 0.6) is 0 Å². The van der Waals surface area contributed by atoms with Gasteiger partial charge in [-0.1, -0.05) is 67.2 Å². The van der Waals surface area contributed by atoms with Crippen molar-refractivity contribution in [2.45, 2.75) is 67.2 Å². The van der Waals surface area contributed by atoms with Crippen molar-refractivity contribution in [2.24, 2.45) is 35.3 Å². The first-order valence-electron chi connectivity index (χ1n) is 7.69. The third kappa shape index (κ3) is 5.42. The summed E-state index contributed by atoms with van der Waals surface area (Å²) in [5.41, 5.74) is 5.86. The van der Waals surface area contributed by atoms with Gasteiger partial charge in [-0.3, -0.25) is 0 Å². The molecule has 1 nitrogen and oxygen atoms in total. The minimum absolute atomic E-state index is 0.651. The molecule has 0 bridgehead atoms. The molecule has 0 fully saturated rings. The third-order valence-electron chi connectivity index (χ3n) is 4.68. The Bertz CT molecular complexity index is 166. The Morgan fingerprint density at radius 3 is 1.47 bits per heavy atom. The van der Waals surface area contributed by atoms with Gasteiger partial charge in [0.2, 0.25) is 0 Å². The minimum Gasteiger partial charge on any atom is -0.330 e. The van der Waals surface area contributed by atoms with Crippen LogP contribution in [0.1, 0.15) is 67.2 Å². The molecule has 0 saturated carbocycles. The summed E-state index contributed by atoms with van der Waals surface area (Å²) >= 11 is 0. The zero-order valence-corrected chi connectivity index (χ0v) is 13.0. The van der Waals surface area contributed by atoms with Gasteiger partial charge in [0.15, 0.2) is 0 Å². The van der Waals surface area contributed by atoms with Crippen molar-refractivity contribution in [3.8, 4) is 0 Å². The van der Waals surface area contributed by atoms with Crippen LogP contribution in [0.25, 0.3) is 0 Å². The van der Waals surface area contributed by atoms with E-state index < -0.39 is 0 Å². The molecular formula is C16H35N. The van der Waals surface area contributed by atoms with Crippen molar-refractivity contribution in [1.29, 1.82) is 0 Å². The molecule has 0 aromatic rings. The first-order valence-corrected chi connectivity index (χ1v) is 7.69. The average molecular weight is 241 g/mol. The van der Waals surface area contributed by atoms with Crippen LogP contribution in [0, 0.1) is 29.6 Å². The van der Waals surface area contributed by atoms with Crippen LogP contribution in [0.3, 0.4) is 0 Å². The maximum Gasteiger partial charge on any atom is -0.00489 e. The quantitative estimate of drug-likeness (QED) is 0.622. The van der Waals surface area contributed by atoms with Crippen molar-refractivity contribution in [3.63, 3.8) is 0 Å². The van der Waals surface area contributed by atoms with Crippen LogP contribution in [0.4, 0.5) is 0 Å². The highest BCUT2D eigenvalue weighted by Crippen LogP contribution is 2.37. The molecule has 0 spiro atoms. The van der Waals surface area contributed by atoms with Crippen LogP contribution in [0.2, 0.25) is 0 Å². The Morgan fingerprint density at radius 1 is 0.765 bits per heavy atom. The van der Waals surface area contributed by atoms with Crippen molar-refractivity contribution in [1.82, 2.24) is 0 Å². The molecule has 0 aliphatic carbocycles. The molecule has 0 amide bonds. The summed E-state index contributed by atoms with van der Waals surface area (Å²) in [7, 11) is 0. The molecule has 0 aromatic heterocycles. The minimum atomic E-state index is 0.651. The number of nitrogens with two attached hydrogens (primary N) is 1. The second-order valence-electron chi connectivity index (χ2n) is 6.18. The molecule has 0 saturated heterocycles. The van der Waals surface area contributed by atoms with Crippen molar-refractivity contribution < 1.29 is 0 Å². The van der Waals surface area contributed by atoms with E-state index in [0.717, 1.165) is 30.2 Å². The van der Waals surface area contributed by atoms with Gasteiger partial charge in [-0.15, -0.1) is 0 Å². The second-order valence-corrected chi connectivity index (χ2v) is 6.18. The predicted octanol–water partition coefficient (Wildman–Crippen LogP) is 4.71. The zero-order chi connectivity index (χ0) is 13.4. The fraction of sp³-hybridized carbons (Fsp3) is 1.00. The molecule has 0 heterocycles. The summed E-state index contributed by atoms with van der Waals surface area (Å²) in [6, 6.07) is 0. The van der Waals surface area contributed by atoms with Gasteiger partial charge in [0, 0.05) is 0 Å². The molecule has 0 aromatic carbocycles. The third-order valence-corrected chi connectivity index (χ3v) is 4.68. The summed E-state index contributed by atoms with van der Waals surface area (Å²) in [4.78, 5) is 0. The van der Waals surface area contributed by atoms with E-state index in [0.29, 0.717) is 5.92 Å². The first kappa shape index (κ1) is 17.0. The Hall–Kier alpha value is -0.0400. The smallest absolute Gasteiger partial charge is 0.00489 e. The van der Waals surface area contributed by atoms with E-state index in [-0.39, 0.29) is 0 Å². The van der Waals surface area contributed by atoms with Crippen molar-refractivity contribution in [3.05, 3.63) is 0 Å². The van der Waals surface area contributed by atoms with Crippen LogP contribution in [-0.4, -0.2) is 6.54 Å². The molecule has 4 atom stereocenters. The van der Waals surface area contributed by atoms with Gasteiger partial charge in [-0.25, -0.2) is 0 Å². The van der Waals surface area contributed by atoms with E-state index in [1.165, 1.54) is 25.7 Å². The van der Waals surface area contributed by atoms with Gasteiger partial charge >= 0.3 is 0 Å². The fourth-order valence-electron chi connectivity index (χ4n) is 3.49. The largest absolute Gasteiger partial charge is 0.330 e. The first-order chi connectivity index (χ1) is 7.99. The Labute approximate surface area is 110 Å². The molecular weight excluding hydrogens is 206 g/mol. The van der Waals surface area contributed by atoms with Gasteiger partial charge in [-0.2, -0.15) is 0 Å². The molecule has 0 radical (unpaired) electrons. The van der Waals surface area contributed by atoms with Gasteiger partial charge in [0.1, 0.15) is 0 Å². The monoisotopic (exact) mass is 241 g/mol. The van der Waals surface area contributed by atoms with Crippen molar-refractivity contribution in [2.75, 3.05) is 6.54 Å². The SMILES string of the molecule is CCCC(C)C(C(C)CCC)C(C)C(C)CN. The molecule has 2 N–H and O–H groups in total. The van der Waals surface area contributed by atoms with Crippen LogP contribution >= 0.6 is 0 Å². The molecule has 0 aliphatic rings. The normalized spacial score (nSPS) is 20.6. The predicted molar refractivity (Wildman–Crippen MR) is 79.0 cm³/mol. The summed E-state index contributed by atoms with van der Waals surface area (Å²) < 4.78 is 0. The van der Waals surface area contributed by atoms with Crippen LogP contribution in [0.15, 0.2) is 0 Å². The summed E-state index contributed by atoms with van der Waals surface area (Å²) in [6.45, 7) is 15.1. The Kier molecular flexibility index (Phi) is 8.94. The molecule has 4 unspecified atom stereocenters. The number of hydrogen-bond donors (Lipinski definition) is 1. The maximum atomic E-state index is 5.86.